The van der Waals surface area contributed by atoms with Crippen molar-refractivity contribution in [3.8, 4) is 0 Å². The van der Waals surface area contributed by atoms with Gasteiger partial charge in [0.05, 0.1) is 0 Å². The molecule has 5 heteroatoms. The van der Waals surface area contributed by atoms with Crippen molar-refractivity contribution in [1.82, 2.24) is 4.90 Å². The van der Waals surface area contributed by atoms with Crippen LogP contribution < -0.4 is 5.32 Å². The summed E-state index contributed by atoms with van der Waals surface area (Å²) in [5.41, 5.74) is 5.86. The number of nitrogens with one attached hydrogen (secondary N) is 1. The zero-order chi connectivity index (χ0) is 22.9. The first-order chi connectivity index (χ1) is 15.3. The van der Waals surface area contributed by atoms with Gasteiger partial charge in [0.2, 0.25) is 0 Å². The van der Waals surface area contributed by atoms with Gasteiger partial charge >= 0.3 is 0 Å². The number of halogens is 3. The number of allylic oxidation sites excluding steroid dienone is 2. The van der Waals surface area contributed by atoms with Gasteiger partial charge in [-0.2, -0.15) is 0 Å². The summed E-state index contributed by atoms with van der Waals surface area (Å²) in [5.74, 6) is 0. The number of benzene rings is 2. The molecular formula is C27H31ClF2N2. The lowest BCUT2D eigenvalue weighted by Crippen LogP contribution is -2.43. The fraction of sp³-hybridized carbons (Fsp3) is 0.407. The first kappa shape index (κ1) is 23.0. The van der Waals surface area contributed by atoms with Gasteiger partial charge in [0.1, 0.15) is 0 Å². The molecule has 0 atom stereocenters. The second-order valence-corrected chi connectivity index (χ2v) is 9.44. The largest absolute Gasteiger partial charge is 0.358 e. The van der Waals surface area contributed by atoms with Crippen molar-refractivity contribution in [2.24, 2.45) is 0 Å². The third kappa shape index (κ3) is 4.35. The van der Waals surface area contributed by atoms with Gasteiger partial charge in [0.25, 0.3) is 6.43 Å². The minimum Gasteiger partial charge on any atom is -0.358 e. The van der Waals surface area contributed by atoms with E-state index in [0.717, 1.165) is 72.9 Å². The van der Waals surface area contributed by atoms with E-state index in [1.54, 1.807) is 6.07 Å². The third-order valence-corrected chi connectivity index (χ3v) is 7.40. The van der Waals surface area contributed by atoms with E-state index in [4.69, 9.17) is 11.6 Å². The van der Waals surface area contributed by atoms with Crippen LogP contribution in [0.4, 0.5) is 14.5 Å². The summed E-state index contributed by atoms with van der Waals surface area (Å²) < 4.78 is 27.1. The van der Waals surface area contributed by atoms with E-state index in [-0.39, 0.29) is 11.0 Å². The number of aryl methyl sites for hydroxylation is 1. The summed E-state index contributed by atoms with van der Waals surface area (Å²) in [6, 6.07) is 11.5. The lowest BCUT2D eigenvalue weighted by Gasteiger charge is -2.40. The molecule has 2 nitrogen and oxygen atoms in total. The molecule has 4 rings (SSSR count). The minimum absolute atomic E-state index is 0.0413. The molecule has 2 heterocycles. The number of hydrogen-bond acceptors (Lipinski definition) is 2. The van der Waals surface area contributed by atoms with Gasteiger partial charge < -0.3 is 10.2 Å². The van der Waals surface area contributed by atoms with Gasteiger partial charge in [-0.05, 0) is 98.3 Å². The fourth-order valence-electron chi connectivity index (χ4n) is 5.16. The van der Waals surface area contributed by atoms with Crippen molar-refractivity contribution in [3.05, 3.63) is 82.5 Å². The maximum absolute atomic E-state index is 13.6. The molecule has 0 aromatic heterocycles. The second kappa shape index (κ2) is 9.36. The summed E-state index contributed by atoms with van der Waals surface area (Å²) in [6.45, 7) is 13.1. The number of piperidine rings is 1. The number of alkyl halides is 2. The maximum Gasteiger partial charge on any atom is 0.264 e. The molecular weight excluding hydrogens is 426 g/mol. The third-order valence-electron chi connectivity index (χ3n) is 7.17. The van der Waals surface area contributed by atoms with Crippen LogP contribution in [0.25, 0.3) is 5.57 Å². The Morgan fingerprint density at radius 2 is 1.94 bits per heavy atom. The lowest BCUT2D eigenvalue weighted by atomic mass is 9.72. The van der Waals surface area contributed by atoms with Gasteiger partial charge in [0.15, 0.2) is 0 Å². The summed E-state index contributed by atoms with van der Waals surface area (Å²) in [6.07, 6.45) is 1.97. The van der Waals surface area contributed by atoms with Gasteiger partial charge in [-0.1, -0.05) is 43.8 Å². The zero-order valence-corrected chi connectivity index (χ0v) is 19.4. The van der Waals surface area contributed by atoms with E-state index in [2.05, 4.69) is 29.4 Å². The van der Waals surface area contributed by atoms with E-state index < -0.39 is 6.43 Å². The van der Waals surface area contributed by atoms with Crippen LogP contribution in [0.3, 0.4) is 0 Å². The molecule has 32 heavy (non-hydrogen) atoms. The van der Waals surface area contributed by atoms with Crippen LogP contribution in [0, 0.1) is 0 Å². The van der Waals surface area contributed by atoms with Crippen LogP contribution in [0.1, 0.15) is 61.3 Å². The Bertz CT molecular complexity index is 1020. The molecule has 0 radical (unpaired) electrons. The Hall–Kier alpha value is -2.17. The summed E-state index contributed by atoms with van der Waals surface area (Å²) in [5, 5.41) is 4.22. The molecule has 0 saturated carbocycles. The molecule has 2 aliphatic heterocycles. The summed E-state index contributed by atoms with van der Waals surface area (Å²) in [7, 11) is 0. The number of rotatable bonds is 7. The quantitative estimate of drug-likeness (QED) is 0.461. The van der Waals surface area contributed by atoms with Gasteiger partial charge in [-0.3, -0.25) is 0 Å². The molecule has 0 unspecified atom stereocenters. The van der Waals surface area contributed by atoms with Gasteiger partial charge in [-0.25, -0.2) is 8.78 Å². The van der Waals surface area contributed by atoms with Crippen LogP contribution in [0.15, 0.2) is 55.3 Å². The van der Waals surface area contributed by atoms with Crippen molar-refractivity contribution in [2.45, 2.75) is 50.9 Å². The Kier molecular flexibility index (Phi) is 6.73. The summed E-state index contributed by atoms with van der Waals surface area (Å²) in [4.78, 5) is 2.47. The molecule has 0 bridgehead atoms. The van der Waals surface area contributed by atoms with Crippen molar-refractivity contribution in [2.75, 3.05) is 25.0 Å². The van der Waals surface area contributed by atoms with Crippen LogP contribution in [-0.2, 0) is 11.8 Å². The average Bonchev–Trinajstić information content (AvgIpc) is 3.05. The number of fused-ring (bicyclic) bond motifs is 2. The van der Waals surface area contributed by atoms with Crippen molar-refractivity contribution in [3.63, 3.8) is 0 Å². The lowest BCUT2D eigenvalue weighted by molar-refractivity contribution is 0.151. The van der Waals surface area contributed by atoms with Gasteiger partial charge in [0, 0.05) is 27.4 Å². The van der Waals surface area contributed by atoms with E-state index in [9.17, 15) is 8.78 Å². The number of likely N-dealkylation sites (tertiary alicyclic amines) is 1. The van der Waals surface area contributed by atoms with E-state index >= 15 is 0 Å². The van der Waals surface area contributed by atoms with Crippen LogP contribution in [-0.4, -0.2) is 24.5 Å². The standard InChI is InChI=1S/C27H31ClF2N2/c1-4-18(2)22-9-7-20(16-23(22)26(29)30)6-5-13-32-14-11-27(12-15-32)19(3)31-25-10-8-21(28)17-24(25)27/h7-10,16-17,26,31H,2-6,11-15H2,1H3. The number of nitrogens with zero attached hydrogens (tertiary/aromatic N) is 1. The van der Waals surface area contributed by atoms with Crippen LogP contribution in [0.2, 0.25) is 5.02 Å². The zero-order valence-electron chi connectivity index (χ0n) is 18.7. The van der Waals surface area contributed by atoms with Crippen molar-refractivity contribution >= 4 is 22.9 Å². The molecule has 2 aliphatic rings. The van der Waals surface area contributed by atoms with E-state index in [1.807, 2.05) is 31.2 Å². The average molecular weight is 457 g/mol. The SMILES string of the molecule is C=C(CC)c1ccc(CCCN2CCC3(CC2)C(=C)Nc2ccc(Cl)cc23)cc1C(F)F. The Morgan fingerprint density at radius 1 is 1.19 bits per heavy atom. The molecule has 0 amide bonds. The van der Waals surface area contributed by atoms with E-state index in [1.165, 1.54) is 5.56 Å². The minimum atomic E-state index is -2.48. The predicted molar refractivity (Wildman–Crippen MR) is 131 cm³/mol. The topological polar surface area (TPSA) is 15.3 Å². The monoisotopic (exact) mass is 456 g/mol. The normalized spacial score (nSPS) is 17.6. The maximum atomic E-state index is 13.6. The molecule has 2 aromatic rings. The highest BCUT2D eigenvalue weighted by Gasteiger charge is 2.44. The molecule has 1 N–H and O–H groups in total. The highest BCUT2D eigenvalue weighted by Crippen LogP contribution is 2.50. The highest BCUT2D eigenvalue weighted by molar-refractivity contribution is 6.30. The molecule has 1 spiro atoms. The smallest absolute Gasteiger partial charge is 0.264 e. The molecule has 170 valence electrons. The van der Waals surface area contributed by atoms with Crippen molar-refractivity contribution < 1.29 is 8.78 Å². The first-order valence-corrected chi connectivity index (χ1v) is 11.8. The molecule has 1 saturated heterocycles. The molecule has 1 fully saturated rings. The second-order valence-electron chi connectivity index (χ2n) is 9.00. The first-order valence-electron chi connectivity index (χ1n) is 11.4. The molecule has 2 aromatic carbocycles. The van der Waals surface area contributed by atoms with Crippen LogP contribution in [0.5, 0.6) is 0 Å². The molecule has 0 aliphatic carbocycles. The van der Waals surface area contributed by atoms with Gasteiger partial charge in [-0.15, -0.1) is 0 Å². The highest BCUT2D eigenvalue weighted by atomic mass is 35.5. The Labute approximate surface area is 195 Å². The van der Waals surface area contributed by atoms with E-state index in [0.29, 0.717) is 12.0 Å². The predicted octanol–water partition coefficient (Wildman–Crippen LogP) is 7.61. The number of anilines is 1. The van der Waals surface area contributed by atoms with Crippen LogP contribution >= 0.6 is 11.6 Å². The fourth-order valence-corrected chi connectivity index (χ4v) is 5.34. The summed E-state index contributed by atoms with van der Waals surface area (Å²) >= 11 is 6.28. The Balaban J connectivity index is 1.35. The van der Waals surface area contributed by atoms with Crippen molar-refractivity contribution in [1.29, 1.82) is 0 Å². The Morgan fingerprint density at radius 3 is 2.62 bits per heavy atom. The number of hydrogen-bond donors (Lipinski definition) is 1.